The zero-order valence-corrected chi connectivity index (χ0v) is 25.8. The van der Waals surface area contributed by atoms with Crippen LogP contribution in [0.2, 0.25) is 10.0 Å². The second kappa shape index (κ2) is 13.3. The summed E-state index contributed by atoms with van der Waals surface area (Å²) in [5, 5.41) is 3.85. The molecule has 1 atom stereocenters. The van der Waals surface area contributed by atoms with E-state index in [9.17, 15) is 18.0 Å². The average Bonchev–Trinajstić information content (AvgIpc) is 3.46. The summed E-state index contributed by atoms with van der Waals surface area (Å²) in [4.78, 5) is 28.9. The summed E-state index contributed by atoms with van der Waals surface area (Å²) in [7, 11) is -4.12. The molecule has 0 aliphatic heterocycles. The first-order valence-electron chi connectivity index (χ1n) is 13.7. The number of sulfonamides is 1. The normalized spacial score (nSPS) is 14.5. The first kappa shape index (κ1) is 30.9. The lowest BCUT2D eigenvalue weighted by Gasteiger charge is -2.32. The number of aryl methyl sites for hydroxylation is 2. The zero-order valence-electron chi connectivity index (χ0n) is 23.4. The van der Waals surface area contributed by atoms with Gasteiger partial charge in [-0.05, 0) is 86.7 Å². The van der Waals surface area contributed by atoms with Crippen molar-refractivity contribution in [3.63, 3.8) is 0 Å². The topological polar surface area (TPSA) is 86.8 Å². The highest BCUT2D eigenvalue weighted by Crippen LogP contribution is 2.28. The van der Waals surface area contributed by atoms with Gasteiger partial charge in [-0.3, -0.25) is 13.9 Å². The van der Waals surface area contributed by atoms with E-state index in [4.69, 9.17) is 23.2 Å². The summed E-state index contributed by atoms with van der Waals surface area (Å²) >= 11 is 12.5. The number of carbonyl (C=O) groups is 2. The average molecular weight is 617 g/mol. The Balaban J connectivity index is 1.71. The molecule has 218 valence electrons. The van der Waals surface area contributed by atoms with Gasteiger partial charge < -0.3 is 10.2 Å². The Kier molecular flexibility index (Phi) is 10.00. The molecule has 41 heavy (non-hydrogen) atoms. The molecule has 0 unspecified atom stereocenters. The lowest BCUT2D eigenvalue weighted by atomic mass is 10.1. The molecule has 1 saturated carbocycles. The van der Waals surface area contributed by atoms with Crippen LogP contribution in [0.3, 0.4) is 0 Å². The quantitative estimate of drug-likeness (QED) is 0.291. The van der Waals surface area contributed by atoms with Gasteiger partial charge in [-0.1, -0.05) is 66.4 Å². The Labute approximate surface area is 252 Å². The first-order valence-corrected chi connectivity index (χ1v) is 15.9. The van der Waals surface area contributed by atoms with E-state index in [1.807, 2.05) is 19.9 Å². The van der Waals surface area contributed by atoms with Crippen LogP contribution in [0, 0.1) is 13.8 Å². The van der Waals surface area contributed by atoms with Crippen molar-refractivity contribution in [3.05, 3.63) is 93.5 Å². The highest BCUT2D eigenvalue weighted by molar-refractivity contribution is 7.92. The summed E-state index contributed by atoms with van der Waals surface area (Å²) in [5.74, 6) is -0.832. The van der Waals surface area contributed by atoms with Gasteiger partial charge in [0.15, 0.2) is 0 Å². The van der Waals surface area contributed by atoms with Gasteiger partial charge in [0, 0.05) is 22.6 Å². The van der Waals surface area contributed by atoms with Crippen molar-refractivity contribution >= 4 is 50.7 Å². The molecule has 1 N–H and O–H groups in total. The van der Waals surface area contributed by atoms with Gasteiger partial charge in [0.25, 0.3) is 10.0 Å². The summed E-state index contributed by atoms with van der Waals surface area (Å²) < 4.78 is 28.9. The van der Waals surface area contributed by atoms with Crippen molar-refractivity contribution in [1.82, 2.24) is 10.2 Å². The van der Waals surface area contributed by atoms with E-state index in [1.165, 1.54) is 17.0 Å². The number of hydrogen-bond acceptors (Lipinski definition) is 4. The zero-order chi connectivity index (χ0) is 29.7. The number of nitrogens with zero attached hydrogens (tertiary/aromatic N) is 2. The predicted molar refractivity (Wildman–Crippen MR) is 164 cm³/mol. The van der Waals surface area contributed by atoms with Crippen molar-refractivity contribution in [3.8, 4) is 0 Å². The molecule has 7 nitrogen and oxygen atoms in total. The van der Waals surface area contributed by atoms with Crippen LogP contribution >= 0.6 is 23.2 Å². The molecule has 0 spiro atoms. The van der Waals surface area contributed by atoms with Crippen LogP contribution in [0.1, 0.15) is 49.3 Å². The molecular formula is C31H35Cl2N3O4S. The summed E-state index contributed by atoms with van der Waals surface area (Å²) in [6, 6.07) is 17.4. The van der Waals surface area contributed by atoms with Crippen LogP contribution in [0.15, 0.2) is 71.6 Å². The highest BCUT2D eigenvalue weighted by Gasteiger charge is 2.33. The summed E-state index contributed by atoms with van der Waals surface area (Å²) in [6.45, 7) is 4.96. The van der Waals surface area contributed by atoms with Crippen molar-refractivity contribution in [2.24, 2.45) is 0 Å². The van der Waals surface area contributed by atoms with Crippen LogP contribution in [-0.2, 0) is 26.2 Å². The Bertz CT molecular complexity index is 1510. The van der Waals surface area contributed by atoms with E-state index in [0.717, 1.165) is 41.1 Å². The molecule has 0 heterocycles. The van der Waals surface area contributed by atoms with Crippen LogP contribution in [0.25, 0.3) is 0 Å². The number of anilines is 1. The molecule has 0 aromatic heterocycles. The van der Waals surface area contributed by atoms with E-state index in [0.29, 0.717) is 21.3 Å². The molecule has 0 radical (unpaired) electrons. The minimum atomic E-state index is -4.12. The number of rotatable bonds is 10. The lowest BCUT2D eigenvalue weighted by Crippen LogP contribution is -2.52. The molecule has 10 heteroatoms. The smallest absolute Gasteiger partial charge is 0.264 e. The SMILES string of the molecule is Cc1ccc(N(CC(=O)N(Cc2ccc(Cl)cc2Cl)[C@@H](C)C(=O)NC2CCCC2)S(=O)(=O)c2ccccc2)cc1C. The number of amides is 2. The molecular weight excluding hydrogens is 581 g/mol. The van der Waals surface area contributed by atoms with E-state index in [-0.39, 0.29) is 23.4 Å². The minimum absolute atomic E-state index is 0.000237. The second-order valence-corrected chi connectivity index (χ2v) is 13.2. The number of benzene rings is 3. The molecule has 1 aliphatic rings. The molecule has 2 amide bonds. The number of carbonyl (C=O) groups excluding carboxylic acids is 2. The van der Waals surface area contributed by atoms with Crippen LogP contribution in [-0.4, -0.2) is 43.8 Å². The van der Waals surface area contributed by atoms with Gasteiger partial charge in [-0.15, -0.1) is 0 Å². The van der Waals surface area contributed by atoms with E-state index in [2.05, 4.69) is 5.32 Å². The molecule has 0 bridgehead atoms. The Hall–Kier alpha value is -3.07. The van der Waals surface area contributed by atoms with Gasteiger partial charge in [-0.25, -0.2) is 8.42 Å². The molecule has 3 aromatic carbocycles. The van der Waals surface area contributed by atoms with Gasteiger partial charge in [0.1, 0.15) is 12.6 Å². The molecule has 1 fully saturated rings. The Morgan fingerprint density at radius 2 is 1.63 bits per heavy atom. The van der Waals surface area contributed by atoms with Gasteiger partial charge in [0.05, 0.1) is 10.6 Å². The van der Waals surface area contributed by atoms with Crippen molar-refractivity contribution < 1.29 is 18.0 Å². The maximum Gasteiger partial charge on any atom is 0.264 e. The second-order valence-electron chi connectivity index (χ2n) is 10.5. The predicted octanol–water partition coefficient (Wildman–Crippen LogP) is 6.28. The standard InChI is InChI=1S/C31H35Cl2N3O4S/c1-21-13-16-27(17-22(21)2)36(41(39,40)28-11-5-4-6-12-28)20-30(37)35(19-24-14-15-25(32)18-29(24)33)23(3)31(38)34-26-9-7-8-10-26/h4-6,11-18,23,26H,7-10,19-20H2,1-3H3,(H,34,38)/t23-/m0/s1. The maximum absolute atomic E-state index is 14.1. The van der Waals surface area contributed by atoms with Gasteiger partial charge >= 0.3 is 0 Å². The minimum Gasteiger partial charge on any atom is -0.352 e. The molecule has 4 rings (SSSR count). The third kappa shape index (κ3) is 7.42. The monoisotopic (exact) mass is 615 g/mol. The molecule has 3 aromatic rings. The lowest BCUT2D eigenvalue weighted by molar-refractivity contribution is -0.139. The van der Waals surface area contributed by atoms with Crippen LogP contribution in [0.4, 0.5) is 5.69 Å². The fraction of sp³-hybridized carbons (Fsp3) is 0.355. The first-order chi connectivity index (χ1) is 19.5. The summed E-state index contributed by atoms with van der Waals surface area (Å²) in [5.41, 5.74) is 2.83. The van der Waals surface area contributed by atoms with Crippen LogP contribution in [0.5, 0.6) is 0 Å². The van der Waals surface area contributed by atoms with Crippen molar-refractivity contribution in [1.29, 1.82) is 0 Å². The largest absolute Gasteiger partial charge is 0.352 e. The third-order valence-corrected chi connectivity index (χ3v) is 9.99. The Morgan fingerprint density at radius 3 is 2.27 bits per heavy atom. The fourth-order valence-corrected chi connectivity index (χ4v) is 6.83. The number of halogens is 2. The Morgan fingerprint density at radius 1 is 0.951 bits per heavy atom. The molecule has 1 aliphatic carbocycles. The van der Waals surface area contributed by atoms with Crippen molar-refractivity contribution in [2.45, 2.75) is 70.0 Å². The van der Waals surface area contributed by atoms with E-state index < -0.39 is 28.5 Å². The van der Waals surface area contributed by atoms with E-state index in [1.54, 1.807) is 55.5 Å². The maximum atomic E-state index is 14.1. The van der Waals surface area contributed by atoms with Gasteiger partial charge in [0.2, 0.25) is 11.8 Å². The van der Waals surface area contributed by atoms with Crippen LogP contribution < -0.4 is 9.62 Å². The van der Waals surface area contributed by atoms with E-state index >= 15 is 0 Å². The summed E-state index contributed by atoms with van der Waals surface area (Å²) in [6.07, 6.45) is 3.88. The highest BCUT2D eigenvalue weighted by atomic mass is 35.5. The molecule has 0 saturated heterocycles. The fourth-order valence-electron chi connectivity index (χ4n) is 4.94. The van der Waals surface area contributed by atoms with Gasteiger partial charge in [-0.2, -0.15) is 0 Å². The number of nitrogens with one attached hydrogen (secondary N) is 1. The third-order valence-electron chi connectivity index (χ3n) is 7.61. The van der Waals surface area contributed by atoms with Crippen molar-refractivity contribution in [2.75, 3.05) is 10.8 Å². The number of hydrogen-bond donors (Lipinski definition) is 1.